The lowest BCUT2D eigenvalue weighted by atomic mass is 10.4. The van der Waals surface area contributed by atoms with Gasteiger partial charge in [-0.2, -0.15) is 0 Å². The summed E-state index contributed by atoms with van der Waals surface area (Å²) in [5.41, 5.74) is 0. The number of halogens is 9. The average molecular weight is 296 g/mol. The zero-order chi connectivity index (χ0) is 13.9. The van der Waals surface area contributed by atoms with Gasteiger partial charge < -0.3 is 0 Å². The monoisotopic (exact) mass is 296 g/mol. The largest absolute Gasteiger partial charge is 0.273 e. The van der Waals surface area contributed by atoms with Crippen molar-refractivity contribution in [3.63, 3.8) is 0 Å². The highest BCUT2D eigenvalue weighted by Crippen LogP contribution is 2.10. The third-order valence-electron chi connectivity index (χ3n) is 0.582. The molecule has 0 aliphatic heterocycles. The molecule has 1 atom stereocenters. The zero-order valence-electron chi connectivity index (χ0n) is 10.0. The van der Waals surface area contributed by atoms with Crippen molar-refractivity contribution in [3.8, 4) is 0 Å². The number of alkyl halides is 6. The second kappa shape index (κ2) is 16.1. The molecule has 116 valence electrons. The van der Waals surface area contributed by atoms with Crippen LogP contribution in [0.1, 0.15) is 20.8 Å². The summed E-state index contributed by atoms with van der Waals surface area (Å²) in [6.07, 6.45) is -4.80. The summed E-state index contributed by atoms with van der Waals surface area (Å²) in [5.74, 6) is -3.46. The smallest absolute Gasteiger partial charge is 0.269 e. The molecule has 0 fully saturated rings. The molecule has 0 N–H and O–H groups in total. The van der Waals surface area contributed by atoms with Crippen molar-refractivity contribution >= 4 is 0 Å². The molecule has 0 aliphatic rings. The Labute approximate surface area is 99.6 Å². The fourth-order valence-corrected chi connectivity index (χ4v) is 0. The topological polar surface area (TPSA) is 0 Å². The van der Waals surface area contributed by atoms with Gasteiger partial charge in [0.05, 0.1) is 5.83 Å². The van der Waals surface area contributed by atoms with Gasteiger partial charge in [-0.05, 0) is 13.8 Å². The first-order chi connectivity index (χ1) is 6.94. The number of rotatable bonds is 2. The standard InChI is InChI=1S/2C3H5F3.C3H5F.2FH/c1-3(5,6)2-4;1-2(4)3(5)6;1-3(2)4;;/h2H2,1H3;2-3H,1H3;1H2,2H3;2*1H. The molecule has 0 spiro atoms. The Morgan fingerprint density at radius 3 is 1.28 bits per heavy atom. The van der Waals surface area contributed by atoms with E-state index in [-0.39, 0.29) is 15.2 Å². The SMILES string of the molecule is C=C(C)F.CC(F)(F)CF.CC(F)C(F)F.F.F. The van der Waals surface area contributed by atoms with Crippen molar-refractivity contribution in [2.75, 3.05) is 6.67 Å². The van der Waals surface area contributed by atoms with E-state index < -0.39 is 25.2 Å². The Kier molecular flexibility index (Phi) is 27.1. The minimum absolute atomic E-state index is 0. The van der Waals surface area contributed by atoms with Gasteiger partial charge in [-0.1, -0.05) is 6.58 Å². The van der Waals surface area contributed by atoms with E-state index in [2.05, 4.69) is 6.58 Å². The molecule has 0 amide bonds. The minimum Gasteiger partial charge on any atom is -0.269 e. The van der Waals surface area contributed by atoms with Crippen molar-refractivity contribution < 1.29 is 40.1 Å². The molecule has 0 radical (unpaired) electrons. The predicted molar refractivity (Wildman–Crippen MR) is 54.1 cm³/mol. The van der Waals surface area contributed by atoms with Crippen LogP contribution in [0.4, 0.5) is 40.1 Å². The highest BCUT2D eigenvalue weighted by Gasteiger charge is 2.19. The summed E-state index contributed by atoms with van der Waals surface area (Å²) in [4.78, 5) is 0. The molecule has 0 bridgehead atoms. The van der Waals surface area contributed by atoms with Crippen molar-refractivity contribution in [1.82, 2.24) is 0 Å². The summed E-state index contributed by atoms with van der Waals surface area (Å²) < 4.78 is 76.3. The summed E-state index contributed by atoms with van der Waals surface area (Å²) in [6.45, 7) is 3.99. The molecule has 0 aromatic heterocycles. The average Bonchev–Trinajstić information content (AvgIpc) is 2.02. The van der Waals surface area contributed by atoms with Crippen molar-refractivity contribution in [2.45, 2.75) is 39.3 Å². The zero-order valence-corrected chi connectivity index (χ0v) is 10.0. The molecule has 0 nitrogen and oxygen atoms in total. The van der Waals surface area contributed by atoms with Crippen LogP contribution in [-0.4, -0.2) is 25.2 Å². The van der Waals surface area contributed by atoms with E-state index in [0.717, 1.165) is 6.92 Å². The highest BCUT2D eigenvalue weighted by molar-refractivity contribution is 4.68. The lowest BCUT2D eigenvalue weighted by Crippen LogP contribution is -2.10. The number of hydrogen-bond acceptors (Lipinski definition) is 0. The van der Waals surface area contributed by atoms with Crippen molar-refractivity contribution in [3.05, 3.63) is 12.4 Å². The van der Waals surface area contributed by atoms with Crippen molar-refractivity contribution in [2.24, 2.45) is 0 Å². The van der Waals surface area contributed by atoms with Crippen LogP contribution in [0.15, 0.2) is 12.4 Å². The summed E-state index contributed by atoms with van der Waals surface area (Å²) in [5, 5.41) is 0. The van der Waals surface area contributed by atoms with E-state index in [0.29, 0.717) is 6.92 Å². The van der Waals surface area contributed by atoms with E-state index in [4.69, 9.17) is 0 Å². The minimum atomic E-state index is -3.12. The molecule has 0 saturated heterocycles. The molecule has 0 aromatic rings. The first kappa shape index (κ1) is 30.3. The number of hydrogen-bond donors (Lipinski definition) is 0. The fourth-order valence-electron chi connectivity index (χ4n) is 0. The maximum Gasteiger partial charge on any atom is 0.273 e. The molecular formula is C9H17F9. The van der Waals surface area contributed by atoms with Gasteiger partial charge in [0, 0.05) is 6.92 Å². The second-order valence-corrected chi connectivity index (χ2v) is 2.89. The van der Waals surface area contributed by atoms with Crippen LogP contribution in [-0.2, 0) is 0 Å². The van der Waals surface area contributed by atoms with E-state index in [1.165, 1.54) is 6.92 Å². The van der Waals surface area contributed by atoms with E-state index in [1.807, 2.05) is 0 Å². The van der Waals surface area contributed by atoms with Gasteiger partial charge in [0.1, 0.15) is 0 Å². The van der Waals surface area contributed by atoms with E-state index in [9.17, 15) is 30.7 Å². The lowest BCUT2D eigenvalue weighted by molar-refractivity contribution is -0.00294. The Balaban J connectivity index is -0.0000000454. The van der Waals surface area contributed by atoms with Gasteiger partial charge in [-0.3, -0.25) is 9.41 Å². The Morgan fingerprint density at radius 1 is 1.17 bits per heavy atom. The van der Waals surface area contributed by atoms with Crippen LogP contribution in [0.3, 0.4) is 0 Å². The Hall–Kier alpha value is -0.890. The van der Waals surface area contributed by atoms with Crippen molar-refractivity contribution in [1.29, 1.82) is 0 Å². The third-order valence-corrected chi connectivity index (χ3v) is 0.582. The number of allylic oxidation sites excluding steroid dienone is 1. The fraction of sp³-hybridized carbons (Fsp3) is 0.778. The van der Waals surface area contributed by atoms with Crippen LogP contribution in [0.2, 0.25) is 0 Å². The molecular weight excluding hydrogens is 279 g/mol. The Morgan fingerprint density at radius 2 is 1.28 bits per heavy atom. The molecule has 0 aliphatic carbocycles. The van der Waals surface area contributed by atoms with Crippen LogP contribution in [0.5, 0.6) is 0 Å². The van der Waals surface area contributed by atoms with Crippen LogP contribution < -0.4 is 0 Å². The predicted octanol–water partition coefficient (Wildman–Crippen LogP) is 5.02. The maximum absolute atomic E-state index is 11.1. The lowest BCUT2D eigenvalue weighted by Gasteiger charge is -1.99. The summed E-state index contributed by atoms with van der Waals surface area (Å²) >= 11 is 0. The van der Waals surface area contributed by atoms with Gasteiger partial charge in [0.15, 0.2) is 12.8 Å². The van der Waals surface area contributed by atoms with Gasteiger partial charge >= 0.3 is 0 Å². The van der Waals surface area contributed by atoms with E-state index >= 15 is 0 Å². The first-order valence-corrected chi connectivity index (χ1v) is 4.11. The molecule has 18 heavy (non-hydrogen) atoms. The molecule has 1 unspecified atom stereocenters. The maximum atomic E-state index is 11.1. The molecule has 0 saturated carbocycles. The van der Waals surface area contributed by atoms with E-state index in [1.54, 1.807) is 0 Å². The third kappa shape index (κ3) is 80.6. The van der Waals surface area contributed by atoms with Gasteiger partial charge in [-0.15, -0.1) is 0 Å². The molecule has 0 heterocycles. The second-order valence-electron chi connectivity index (χ2n) is 2.89. The normalized spacial score (nSPS) is 10.6. The molecule has 0 rings (SSSR count). The van der Waals surface area contributed by atoms with Crippen LogP contribution >= 0.6 is 0 Å². The highest BCUT2D eigenvalue weighted by atomic mass is 19.3. The first-order valence-electron chi connectivity index (χ1n) is 4.11. The quantitative estimate of drug-likeness (QED) is 0.628. The van der Waals surface area contributed by atoms with Gasteiger partial charge in [0.2, 0.25) is 0 Å². The van der Waals surface area contributed by atoms with Crippen LogP contribution in [0, 0.1) is 0 Å². The van der Waals surface area contributed by atoms with Gasteiger partial charge in [-0.25, -0.2) is 30.7 Å². The summed E-state index contributed by atoms with van der Waals surface area (Å²) in [6, 6.07) is 0. The molecule has 0 aromatic carbocycles. The Bertz CT molecular complexity index is 152. The van der Waals surface area contributed by atoms with Gasteiger partial charge in [0.25, 0.3) is 12.3 Å². The molecule has 9 heteroatoms. The van der Waals surface area contributed by atoms with Crippen LogP contribution in [0.25, 0.3) is 0 Å². The summed E-state index contributed by atoms with van der Waals surface area (Å²) in [7, 11) is 0.